The number of carbonyl (C=O) groups is 1. The summed E-state index contributed by atoms with van der Waals surface area (Å²) >= 11 is 0. The number of carbonyl (C=O) groups excluding carboxylic acids is 1. The van der Waals surface area contributed by atoms with E-state index in [1.165, 1.54) is 33.0 Å². The van der Waals surface area contributed by atoms with Crippen LogP contribution in [0.3, 0.4) is 0 Å². The highest BCUT2D eigenvalue weighted by Crippen LogP contribution is 2.23. The SMILES string of the molecule is Cc1cc2c(cc1C)C(=O)N(CCCN(C)C(C)Cc1ccc3ccccc3c1)CC2. The third-order valence-electron chi connectivity index (χ3n) is 6.92. The molecule has 3 aromatic rings. The molecule has 4 rings (SSSR count). The van der Waals surface area contributed by atoms with Gasteiger partial charge in [0.1, 0.15) is 0 Å². The Morgan fingerprint density at radius 1 is 1.00 bits per heavy atom. The zero-order valence-electron chi connectivity index (χ0n) is 19.3. The number of hydrogen-bond donors (Lipinski definition) is 0. The van der Waals surface area contributed by atoms with Crippen LogP contribution in [0.2, 0.25) is 0 Å². The fraction of sp³-hybridized carbons (Fsp3) is 0.393. The van der Waals surface area contributed by atoms with Gasteiger partial charge in [-0.25, -0.2) is 0 Å². The Morgan fingerprint density at radius 3 is 2.55 bits per heavy atom. The number of aryl methyl sites for hydroxylation is 2. The number of hydrogen-bond acceptors (Lipinski definition) is 2. The van der Waals surface area contributed by atoms with Crippen molar-refractivity contribution in [1.82, 2.24) is 9.80 Å². The number of likely N-dealkylation sites (N-methyl/N-ethyl adjacent to an activating group) is 1. The highest BCUT2D eigenvalue weighted by atomic mass is 16.2. The molecule has 1 amide bonds. The van der Waals surface area contributed by atoms with E-state index >= 15 is 0 Å². The van der Waals surface area contributed by atoms with Crippen molar-refractivity contribution in [3.05, 3.63) is 82.4 Å². The van der Waals surface area contributed by atoms with Crippen LogP contribution in [0.5, 0.6) is 0 Å². The normalized spacial score (nSPS) is 14.9. The Hall–Kier alpha value is -2.65. The first-order chi connectivity index (χ1) is 14.9. The van der Waals surface area contributed by atoms with Crippen LogP contribution in [0.4, 0.5) is 0 Å². The number of benzene rings is 3. The lowest BCUT2D eigenvalue weighted by atomic mass is 9.94. The summed E-state index contributed by atoms with van der Waals surface area (Å²) in [5.74, 6) is 0.205. The second-order valence-electron chi connectivity index (χ2n) is 9.20. The van der Waals surface area contributed by atoms with Crippen molar-refractivity contribution in [3.8, 4) is 0 Å². The smallest absolute Gasteiger partial charge is 0.254 e. The summed E-state index contributed by atoms with van der Waals surface area (Å²) in [5.41, 5.74) is 5.99. The molecule has 1 aliphatic rings. The molecule has 1 heterocycles. The lowest BCUT2D eigenvalue weighted by Crippen LogP contribution is -2.40. The Morgan fingerprint density at radius 2 is 1.74 bits per heavy atom. The number of rotatable bonds is 7. The monoisotopic (exact) mass is 414 g/mol. The fourth-order valence-electron chi connectivity index (χ4n) is 4.62. The van der Waals surface area contributed by atoms with Crippen LogP contribution in [-0.2, 0) is 12.8 Å². The van der Waals surface area contributed by atoms with E-state index in [2.05, 4.69) is 87.3 Å². The molecule has 3 nitrogen and oxygen atoms in total. The van der Waals surface area contributed by atoms with Crippen molar-refractivity contribution >= 4 is 16.7 Å². The molecule has 1 atom stereocenters. The summed E-state index contributed by atoms with van der Waals surface area (Å²) in [7, 11) is 2.20. The van der Waals surface area contributed by atoms with Gasteiger partial charge in [-0.2, -0.15) is 0 Å². The molecule has 0 bridgehead atoms. The molecule has 162 valence electrons. The predicted molar refractivity (Wildman–Crippen MR) is 130 cm³/mol. The predicted octanol–water partition coefficient (Wildman–Crippen LogP) is 5.41. The minimum atomic E-state index is 0.205. The van der Waals surface area contributed by atoms with E-state index in [0.717, 1.165) is 44.5 Å². The summed E-state index contributed by atoms with van der Waals surface area (Å²) in [6.45, 7) is 9.18. The quantitative estimate of drug-likeness (QED) is 0.516. The van der Waals surface area contributed by atoms with E-state index < -0.39 is 0 Å². The summed E-state index contributed by atoms with van der Waals surface area (Å²) in [6, 6.07) is 20.1. The zero-order chi connectivity index (χ0) is 22.0. The van der Waals surface area contributed by atoms with Gasteiger partial charge in [0, 0.05) is 24.7 Å². The largest absolute Gasteiger partial charge is 0.338 e. The van der Waals surface area contributed by atoms with Gasteiger partial charge in [0.15, 0.2) is 0 Å². The first kappa shape index (κ1) is 21.6. The Labute approximate surface area is 186 Å². The lowest BCUT2D eigenvalue weighted by Gasteiger charge is -2.31. The zero-order valence-corrected chi connectivity index (χ0v) is 19.3. The molecule has 0 N–H and O–H groups in total. The Balaban J connectivity index is 1.29. The fourth-order valence-corrected chi connectivity index (χ4v) is 4.62. The maximum atomic E-state index is 13.0. The van der Waals surface area contributed by atoms with Crippen LogP contribution >= 0.6 is 0 Å². The van der Waals surface area contributed by atoms with Crippen LogP contribution in [0, 0.1) is 13.8 Å². The van der Waals surface area contributed by atoms with Crippen molar-refractivity contribution in [2.24, 2.45) is 0 Å². The van der Waals surface area contributed by atoms with E-state index in [0.29, 0.717) is 6.04 Å². The van der Waals surface area contributed by atoms with Crippen LogP contribution in [0.15, 0.2) is 54.6 Å². The summed E-state index contributed by atoms with van der Waals surface area (Å²) in [4.78, 5) is 17.4. The average molecular weight is 415 g/mol. The number of amides is 1. The van der Waals surface area contributed by atoms with Crippen LogP contribution < -0.4 is 0 Å². The second kappa shape index (κ2) is 9.23. The molecule has 0 radical (unpaired) electrons. The molecule has 0 aliphatic carbocycles. The summed E-state index contributed by atoms with van der Waals surface area (Å²) in [5, 5.41) is 2.61. The minimum Gasteiger partial charge on any atom is -0.338 e. The van der Waals surface area contributed by atoms with E-state index in [9.17, 15) is 4.79 Å². The average Bonchev–Trinajstić information content (AvgIpc) is 2.76. The maximum Gasteiger partial charge on any atom is 0.254 e. The first-order valence-electron chi connectivity index (χ1n) is 11.5. The van der Waals surface area contributed by atoms with Crippen molar-refractivity contribution in [1.29, 1.82) is 0 Å². The van der Waals surface area contributed by atoms with Gasteiger partial charge in [-0.15, -0.1) is 0 Å². The van der Waals surface area contributed by atoms with Crippen molar-refractivity contribution in [2.75, 3.05) is 26.7 Å². The summed E-state index contributed by atoms with van der Waals surface area (Å²) in [6.07, 6.45) is 3.01. The molecule has 3 heteroatoms. The van der Waals surface area contributed by atoms with Crippen molar-refractivity contribution in [2.45, 2.75) is 46.1 Å². The number of fused-ring (bicyclic) bond motifs is 2. The number of nitrogens with zero attached hydrogens (tertiary/aromatic N) is 2. The highest BCUT2D eigenvalue weighted by molar-refractivity contribution is 5.97. The van der Waals surface area contributed by atoms with Crippen LogP contribution in [0.25, 0.3) is 10.8 Å². The van der Waals surface area contributed by atoms with Gasteiger partial charge >= 0.3 is 0 Å². The summed E-state index contributed by atoms with van der Waals surface area (Å²) < 4.78 is 0. The molecular formula is C28H34N2O. The molecule has 0 aromatic heterocycles. The molecule has 1 unspecified atom stereocenters. The van der Waals surface area contributed by atoms with Gasteiger partial charge in [-0.3, -0.25) is 4.79 Å². The second-order valence-corrected chi connectivity index (χ2v) is 9.20. The van der Waals surface area contributed by atoms with Gasteiger partial charge in [0.05, 0.1) is 0 Å². The molecular weight excluding hydrogens is 380 g/mol. The molecule has 0 saturated heterocycles. The third kappa shape index (κ3) is 4.83. The lowest BCUT2D eigenvalue weighted by molar-refractivity contribution is 0.0731. The van der Waals surface area contributed by atoms with E-state index in [1.54, 1.807) is 0 Å². The van der Waals surface area contributed by atoms with E-state index in [1.807, 2.05) is 4.90 Å². The standard InChI is InChI=1S/C28H34N2O/c1-20-16-26-12-15-30(28(31)27(26)17-21(20)2)14-7-13-29(4)22(3)18-23-10-11-24-8-5-6-9-25(24)19-23/h5-6,8-11,16-17,19,22H,7,12-15,18H2,1-4H3. The van der Waals surface area contributed by atoms with Gasteiger partial charge < -0.3 is 9.80 Å². The molecule has 0 spiro atoms. The molecule has 0 saturated carbocycles. The Kier molecular flexibility index (Phi) is 6.43. The van der Waals surface area contributed by atoms with Gasteiger partial charge in [0.25, 0.3) is 5.91 Å². The Bertz CT molecular complexity index is 1090. The molecule has 1 aliphatic heterocycles. The topological polar surface area (TPSA) is 23.6 Å². The van der Waals surface area contributed by atoms with Crippen LogP contribution in [0.1, 0.15) is 46.0 Å². The van der Waals surface area contributed by atoms with E-state index in [-0.39, 0.29) is 5.91 Å². The third-order valence-corrected chi connectivity index (χ3v) is 6.92. The maximum absolute atomic E-state index is 13.0. The van der Waals surface area contributed by atoms with Gasteiger partial charge in [0.2, 0.25) is 0 Å². The van der Waals surface area contributed by atoms with Crippen LogP contribution in [-0.4, -0.2) is 48.4 Å². The van der Waals surface area contributed by atoms with E-state index in [4.69, 9.17) is 0 Å². The highest BCUT2D eigenvalue weighted by Gasteiger charge is 2.24. The molecule has 31 heavy (non-hydrogen) atoms. The first-order valence-corrected chi connectivity index (χ1v) is 11.5. The van der Waals surface area contributed by atoms with Gasteiger partial charge in [-0.1, -0.05) is 48.5 Å². The minimum absolute atomic E-state index is 0.205. The van der Waals surface area contributed by atoms with Gasteiger partial charge in [-0.05, 0) is 92.7 Å². The molecule has 0 fully saturated rings. The van der Waals surface area contributed by atoms with Crippen molar-refractivity contribution < 1.29 is 4.79 Å². The molecule has 3 aromatic carbocycles. The van der Waals surface area contributed by atoms with Crippen molar-refractivity contribution in [3.63, 3.8) is 0 Å².